The van der Waals surface area contributed by atoms with Crippen molar-refractivity contribution in [1.29, 1.82) is 0 Å². The maximum absolute atomic E-state index is 15.3. The van der Waals surface area contributed by atoms with Crippen LogP contribution in [0.15, 0.2) is 78.9 Å². The molecule has 5 heteroatoms. The van der Waals surface area contributed by atoms with E-state index in [9.17, 15) is 4.79 Å². The number of likely N-dealkylation sites (N-methyl/N-ethyl adjacent to an activating group) is 1. The van der Waals surface area contributed by atoms with E-state index in [1.54, 1.807) is 6.92 Å². The molecule has 0 fully saturated rings. The van der Waals surface area contributed by atoms with Crippen molar-refractivity contribution in [3.63, 3.8) is 0 Å². The van der Waals surface area contributed by atoms with Gasteiger partial charge in [-0.05, 0) is 66.1 Å². The van der Waals surface area contributed by atoms with Gasteiger partial charge < -0.3 is 9.47 Å². The van der Waals surface area contributed by atoms with Crippen LogP contribution in [0.4, 0.5) is 4.39 Å². The molecule has 0 bridgehead atoms. The van der Waals surface area contributed by atoms with Gasteiger partial charge in [0.15, 0.2) is 0 Å². The smallest absolute Gasteiger partial charge is 0.338 e. The van der Waals surface area contributed by atoms with Gasteiger partial charge in [0.25, 0.3) is 0 Å². The number of halogens is 1. The first-order chi connectivity index (χ1) is 17.5. The zero-order chi connectivity index (χ0) is 25.2. The normalized spacial score (nSPS) is 17.0. The number of benzene rings is 4. The fraction of sp³-hybridized carbons (Fsp3) is 0.258. The topological polar surface area (TPSA) is 38.8 Å². The van der Waals surface area contributed by atoms with Crippen molar-refractivity contribution in [1.82, 2.24) is 4.90 Å². The molecule has 0 aromatic heterocycles. The van der Waals surface area contributed by atoms with Gasteiger partial charge in [0, 0.05) is 24.6 Å². The molecular weight excluding hydrogens is 453 g/mol. The van der Waals surface area contributed by atoms with E-state index in [1.165, 1.54) is 35.6 Å². The number of carbonyl (C=O) groups excluding carboxylic acids is 1. The van der Waals surface area contributed by atoms with Crippen LogP contribution in [-0.4, -0.2) is 37.7 Å². The van der Waals surface area contributed by atoms with Crippen molar-refractivity contribution in [2.24, 2.45) is 0 Å². The van der Waals surface area contributed by atoms with Crippen LogP contribution in [0.5, 0.6) is 5.75 Å². The van der Waals surface area contributed by atoms with Crippen LogP contribution in [-0.2, 0) is 11.3 Å². The fourth-order valence-corrected chi connectivity index (χ4v) is 5.47. The summed E-state index contributed by atoms with van der Waals surface area (Å²) in [7, 11) is 3.43. The number of rotatable bonds is 6. The summed E-state index contributed by atoms with van der Waals surface area (Å²) < 4.78 is 26.6. The zero-order valence-corrected chi connectivity index (χ0v) is 20.8. The third kappa shape index (κ3) is 4.59. The van der Waals surface area contributed by atoms with Crippen molar-refractivity contribution in [2.75, 3.05) is 20.7 Å². The van der Waals surface area contributed by atoms with Gasteiger partial charge in [-0.3, -0.25) is 4.90 Å². The van der Waals surface area contributed by atoms with Gasteiger partial charge in [-0.15, -0.1) is 0 Å². The minimum absolute atomic E-state index is 0.134. The van der Waals surface area contributed by atoms with Crippen molar-refractivity contribution in [3.8, 4) is 5.75 Å². The number of esters is 1. The first-order valence-electron chi connectivity index (χ1n) is 12.2. The van der Waals surface area contributed by atoms with Gasteiger partial charge in [0.1, 0.15) is 17.7 Å². The minimum Gasteiger partial charge on any atom is -0.489 e. The van der Waals surface area contributed by atoms with E-state index in [-0.39, 0.29) is 17.8 Å². The second-order valence-corrected chi connectivity index (χ2v) is 9.53. The molecule has 0 aliphatic carbocycles. The zero-order valence-electron chi connectivity index (χ0n) is 20.8. The highest BCUT2D eigenvalue weighted by Crippen LogP contribution is 2.43. The number of carbonyl (C=O) groups is 1. The Labute approximate surface area is 211 Å². The first kappa shape index (κ1) is 24.0. The SMILES string of the molecule is COC(=O)c1ccc(F)c(C2CC(CN(C)Cc3cccc4ccccc34)Oc3ccccc32)c1C. The fourth-order valence-electron chi connectivity index (χ4n) is 5.47. The number of fused-ring (bicyclic) bond motifs is 2. The first-order valence-corrected chi connectivity index (χ1v) is 12.2. The van der Waals surface area contributed by atoms with Crippen LogP contribution in [0.2, 0.25) is 0 Å². The van der Waals surface area contributed by atoms with E-state index in [0.29, 0.717) is 29.7 Å². The molecule has 1 aliphatic heterocycles. The molecule has 0 spiro atoms. The summed E-state index contributed by atoms with van der Waals surface area (Å²) in [5.41, 5.74) is 3.75. The third-order valence-electron chi connectivity index (χ3n) is 7.14. The molecule has 5 rings (SSSR count). The Morgan fingerprint density at radius 2 is 1.78 bits per heavy atom. The van der Waals surface area contributed by atoms with Crippen molar-refractivity contribution in [2.45, 2.75) is 31.9 Å². The number of nitrogens with zero attached hydrogens (tertiary/aromatic N) is 1. The lowest BCUT2D eigenvalue weighted by Gasteiger charge is -2.35. The van der Waals surface area contributed by atoms with Gasteiger partial charge in [-0.25, -0.2) is 9.18 Å². The van der Waals surface area contributed by atoms with E-state index in [4.69, 9.17) is 9.47 Å². The van der Waals surface area contributed by atoms with E-state index in [0.717, 1.165) is 17.9 Å². The lowest BCUT2D eigenvalue weighted by Crippen LogP contribution is -2.37. The summed E-state index contributed by atoms with van der Waals surface area (Å²) in [6, 6.07) is 25.5. The lowest BCUT2D eigenvalue weighted by atomic mass is 9.80. The summed E-state index contributed by atoms with van der Waals surface area (Å²) in [6.45, 7) is 3.26. The van der Waals surface area contributed by atoms with Gasteiger partial charge in [-0.1, -0.05) is 60.7 Å². The maximum Gasteiger partial charge on any atom is 0.338 e. The van der Waals surface area contributed by atoms with Crippen LogP contribution in [0.25, 0.3) is 10.8 Å². The molecule has 0 radical (unpaired) electrons. The average Bonchev–Trinajstić information content (AvgIpc) is 2.88. The summed E-state index contributed by atoms with van der Waals surface area (Å²) >= 11 is 0. The Hall–Kier alpha value is -3.70. The molecule has 2 atom stereocenters. The maximum atomic E-state index is 15.3. The van der Waals surface area contributed by atoms with E-state index in [2.05, 4.69) is 54.4 Å². The molecule has 4 aromatic rings. The van der Waals surface area contributed by atoms with Gasteiger partial charge in [0.05, 0.1) is 12.7 Å². The molecule has 0 saturated carbocycles. The second kappa shape index (κ2) is 10.1. The molecule has 0 saturated heterocycles. The minimum atomic E-state index is -0.458. The Morgan fingerprint density at radius 1 is 1.03 bits per heavy atom. The third-order valence-corrected chi connectivity index (χ3v) is 7.14. The van der Waals surface area contributed by atoms with E-state index < -0.39 is 5.97 Å². The molecule has 0 N–H and O–H groups in total. The lowest BCUT2D eigenvalue weighted by molar-refractivity contribution is 0.0599. The number of hydrogen-bond acceptors (Lipinski definition) is 4. The molecular formula is C31H30FNO3. The molecule has 4 nitrogen and oxygen atoms in total. The number of methoxy groups -OCH3 is 1. The molecule has 1 heterocycles. The highest BCUT2D eigenvalue weighted by Gasteiger charge is 2.33. The predicted molar refractivity (Wildman–Crippen MR) is 140 cm³/mol. The van der Waals surface area contributed by atoms with Crippen LogP contribution in [0.3, 0.4) is 0 Å². The molecule has 1 aliphatic rings. The van der Waals surface area contributed by atoms with Crippen LogP contribution >= 0.6 is 0 Å². The van der Waals surface area contributed by atoms with Crippen molar-refractivity contribution < 1.29 is 18.7 Å². The predicted octanol–water partition coefficient (Wildman–Crippen LogP) is 6.49. The summed E-state index contributed by atoms with van der Waals surface area (Å²) in [4.78, 5) is 14.6. The van der Waals surface area contributed by atoms with Crippen molar-refractivity contribution >= 4 is 16.7 Å². The highest BCUT2D eigenvalue weighted by molar-refractivity contribution is 5.91. The van der Waals surface area contributed by atoms with E-state index in [1.807, 2.05) is 24.3 Å². The van der Waals surface area contributed by atoms with Gasteiger partial charge in [0.2, 0.25) is 0 Å². The molecule has 36 heavy (non-hydrogen) atoms. The van der Waals surface area contributed by atoms with Crippen LogP contribution in [0.1, 0.15) is 45.0 Å². The molecule has 2 unspecified atom stereocenters. The van der Waals surface area contributed by atoms with Crippen LogP contribution in [0, 0.1) is 12.7 Å². The largest absolute Gasteiger partial charge is 0.489 e. The standard InChI is InChI=1S/C31H30FNO3/c1-20-24(31(34)35-3)15-16-28(32)30(20)27-17-23(36-29-14-7-6-13-26(27)29)19-33(2)18-22-11-8-10-21-9-4-5-12-25(21)22/h4-16,23,27H,17-19H2,1-3H3. The van der Waals surface area contributed by atoms with Gasteiger partial charge >= 0.3 is 5.97 Å². The van der Waals surface area contributed by atoms with Crippen LogP contribution < -0.4 is 4.74 Å². The Balaban J connectivity index is 1.44. The Morgan fingerprint density at radius 3 is 2.61 bits per heavy atom. The van der Waals surface area contributed by atoms with Gasteiger partial charge in [-0.2, -0.15) is 0 Å². The van der Waals surface area contributed by atoms with Crippen molar-refractivity contribution in [3.05, 3.63) is 112 Å². The second-order valence-electron chi connectivity index (χ2n) is 9.53. The summed E-state index contributed by atoms with van der Waals surface area (Å²) in [5, 5.41) is 2.47. The summed E-state index contributed by atoms with van der Waals surface area (Å²) in [5.74, 6) is -0.236. The summed E-state index contributed by atoms with van der Waals surface area (Å²) in [6.07, 6.45) is 0.477. The Bertz CT molecular complexity index is 1410. The number of hydrogen-bond donors (Lipinski definition) is 0. The Kier molecular flexibility index (Phi) is 6.75. The highest BCUT2D eigenvalue weighted by atomic mass is 19.1. The molecule has 4 aromatic carbocycles. The quantitative estimate of drug-likeness (QED) is 0.294. The number of ether oxygens (including phenoxy) is 2. The molecule has 0 amide bonds. The average molecular weight is 484 g/mol. The number of para-hydroxylation sites is 1. The van der Waals surface area contributed by atoms with E-state index >= 15 is 4.39 Å². The molecule has 184 valence electrons. The monoisotopic (exact) mass is 483 g/mol.